The first-order chi connectivity index (χ1) is 10.6. The second-order valence-electron chi connectivity index (χ2n) is 4.58. The Hall–Kier alpha value is -1.37. The van der Waals surface area contributed by atoms with Crippen molar-refractivity contribution in [3.8, 4) is 10.6 Å². The molecule has 0 aliphatic carbocycles. The fourth-order valence-corrected chi connectivity index (χ4v) is 3.55. The fourth-order valence-electron chi connectivity index (χ4n) is 1.96. The maximum atomic E-state index is 12.9. The number of halogens is 3. The van der Waals surface area contributed by atoms with Crippen molar-refractivity contribution in [2.75, 3.05) is 0 Å². The minimum atomic E-state index is -0.217. The largest absolute Gasteiger partial charge is 0.249 e. The molecule has 0 unspecified atom stereocenters. The summed E-state index contributed by atoms with van der Waals surface area (Å²) in [5, 5.41) is 1.21. The SMILES string of the molecule is Fc1ccc(CCc2ncc(-c3nc(Cl)ncc3Br)s2)cc1. The van der Waals surface area contributed by atoms with Gasteiger partial charge in [-0.1, -0.05) is 12.1 Å². The number of hydrogen-bond donors (Lipinski definition) is 0. The van der Waals surface area contributed by atoms with Crippen LogP contribution in [-0.4, -0.2) is 15.0 Å². The van der Waals surface area contributed by atoms with Crippen molar-refractivity contribution in [3.05, 3.63) is 62.8 Å². The van der Waals surface area contributed by atoms with E-state index in [9.17, 15) is 4.39 Å². The average Bonchev–Trinajstić information content (AvgIpc) is 2.98. The Labute approximate surface area is 144 Å². The van der Waals surface area contributed by atoms with Gasteiger partial charge in [0, 0.05) is 18.8 Å². The third-order valence-corrected chi connectivity index (χ3v) is 4.87. The Balaban J connectivity index is 1.73. The highest BCUT2D eigenvalue weighted by Gasteiger charge is 2.11. The number of rotatable bonds is 4. The molecule has 1 aromatic carbocycles. The van der Waals surface area contributed by atoms with Crippen molar-refractivity contribution in [1.29, 1.82) is 0 Å². The third-order valence-electron chi connectivity index (χ3n) is 3.04. The molecule has 22 heavy (non-hydrogen) atoms. The monoisotopic (exact) mass is 397 g/mol. The van der Waals surface area contributed by atoms with Crippen LogP contribution in [0.5, 0.6) is 0 Å². The first kappa shape index (κ1) is 15.5. The highest BCUT2D eigenvalue weighted by Crippen LogP contribution is 2.31. The summed E-state index contributed by atoms with van der Waals surface area (Å²) in [5.41, 5.74) is 1.83. The molecule has 0 atom stereocenters. The normalized spacial score (nSPS) is 10.9. The molecule has 3 nitrogen and oxygen atoms in total. The van der Waals surface area contributed by atoms with Gasteiger partial charge >= 0.3 is 0 Å². The van der Waals surface area contributed by atoms with Crippen molar-refractivity contribution >= 4 is 38.9 Å². The lowest BCUT2D eigenvalue weighted by atomic mass is 10.1. The highest BCUT2D eigenvalue weighted by molar-refractivity contribution is 9.10. The van der Waals surface area contributed by atoms with Gasteiger partial charge in [-0.25, -0.2) is 19.3 Å². The highest BCUT2D eigenvalue weighted by atomic mass is 79.9. The molecular weight excluding hydrogens is 389 g/mol. The first-order valence-electron chi connectivity index (χ1n) is 6.49. The van der Waals surface area contributed by atoms with Gasteiger partial charge in [-0.2, -0.15) is 0 Å². The van der Waals surface area contributed by atoms with Crippen LogP contribution in [0.2, 0.25) is 5.28 Å². The lowest BCUT2D eigenvalue weighted by Crippen LogP contribution is -1.90. The third kappa shape index (κ3) is 3.69. The van der Waals surface area contributed by atoms with Crippen molar-refractivity contribution in [1.82, 2.24) is 15.0 Å². The van der Waals surface area contributed by atoms with E-state index in [-0.39, 0.29) is 11.1 Å². The van der Waals surface area contributed by atoms with Crippen LogP contribution in [0.15, 0.2) is 41.1 Å². The van der Waals surface area contributed by atoms with E-state index in [1.807, 2.05) is 0 Å². The summed E-state index contributed by atoms with van der Waals surface area (Å²) in [4.78, 5) is 13.5. The maximum absolute atomic E-state index is 12.9. The summed E-state index contributed by atoms with van der Waals surface area (Å²) in [5.74, 6) is -0.217. The van der Waals surface area contributed by atoms with Gasteiger partial charge in [-0.15, -0.1) is 11.3 Å². The molecule has 0 aliphatic rings. The summed E-state index contributed by atoms with van der Waals surface area (Å²) >= 11 is 10.8. The van der Waals surface area contributed by atoms with Gasteiger partial charge in [0.05, 0.1) is 14.4 Å². The molecule has 0 spiro atoms. The quantitative estimate of drug-likeness (QED) is 0.584. The summed E-state index contributed by atoms with van der Waals surface area (Å²) in [7, 11) is 0. The molecule has 0 radical (unpaired) electrons. The Morgan fingerprint density at radius 2 is 1.86 bits per heavy atom. The zero-order valence-electron chi connectivity index (χ0n) is 11.3. The Bertz CT molecular complexity index is 792. The minimum absolute atomic E-state index is 0.208. The predicted octanol–water partition coefficient (Wildman–Crippen LogP) is 4.94. The van der Waals surface area contributed by atoms with E-state index in [0.717, 1.165) is 38.5 Å². The summed E-state index contributed by atoms with van der Waals surface area (Å²) in [6.07, 6.45) is 5.03. The number of hydrogen-bond acceptors (Lipinski definition) is 4. The van der Waals surface area contributed by atoms with E-state index >= 15 is 0 Å². The summed E-state index contributed by atoms with van der Waals surface area (Å²) in [6.45, 7) is 0. The van der Waals surface area contributed by atoms with Crippen LogP contribution in [0.1, 0.15) is 10.6 Å². The summed E-state index contributed by atoms with van der Waals surface area (Å²) in [6, 6.07) is 6.54. The van der Waals surface area contributed by atoms with Crippen LogP contribution < -0.4 is 0 Å². The van der Waals surface area contributed by atoms with Crippen molar-refractivity contribution in [3.63, 3.8) is 0 Å². The molecule has 0 bridgehead atoms. The van der Waals surface area contributed by atoms with Crippen molar-refractivity contribution in [2.24, 2.45) is 0 Å². The second kappa shape index (κ2) is 6.81. The van der Waals surface area contributed by atoms with Gasteiger partial charge in [0.1, 0.15) is 11.5 Å². The van der Waals surface area contributed by atoms with Gasteiger partial charge in [0.15, 0.2) is 0 Å². The molecule has 0 amide bonds. The number of nitrogens with zero attached hydrogens (tertiary/aromatic N) is 3. The van der Waals surface area contributed by atoms with E-state index < -0.39 is 0 Å². The Morgan fingerprint density at radius 3 is 2.64 bits per heavy atom. The molecule has 2 aromatic heterocycles. The Kier molecular flexibility index (Phi) is 4.81. The van der Waals surface area contributed by atoms with Crippen LogP contribution in [0.3, 0.4) is 0 Å². The molecule has 0 saturated carbocycles. The predicted molar refractivity (Wildman–Crippen MR) is 89.7 cm³/mol. The molecule has 2 heterocycles. The van der Waals surface area contributed by atoms with Gasteiger partial charge in [-0.05, 0) is 51.6 Å². The number of aromatic nitrogens is 3. The van der Waals surface area contributed by atoms with E-state index in [4.69, 9.17) is 11.6 Å². The smallest absolute Gasteiger partial charge is 0.222 e. The zero-order chi connectivity index (χ0) is 15.5. The molecule has 112 valence electrons. The fraction of sp³-hybridized carbons (Fsp3) is 0.133. The van der Waals surface area contributed by atoms with Crippen molar-refractivity contribution < 1.29 is 4.39 Å². The number of thiazole rings is 1. The van der Waals surface area contributed by atoms with Crippen LogP contribution in [0.25, 0.3) is 10.6 Å². The number of benzene rings is 1. The van der Waals surface area contributed by atoms with Crippen LogP contribution in [0.4, 0.5) is 4.39 Å². The molecule has 0 N–H and O–H groups in total. The van der Waals surface area contributed by atoms with E-state index in [0.29, 0.717) is 0 Å². The lowest BCUT2D eigenvalue weighted by Gasteiger charge is -2.00. The van der Waals surface area contributed by atoms with Gasteiger partial charge in [0.25, 0.3) is 0 Å². The van der Waals surface area contributed by atoms with E-state index in [1.165, 1.54) is 12.1 Å². The number of aryl methyl sites for hydroxylation is 2. The zero-order valence-corrected chi connectivity index (χ0v) is 14.4. The van der Waals surface area contributed by atoms with Crippen molar-refractivity contribution in [2.45, 2.75) is 12.8 Å². The molecule has 0 aliphatic heterocycles. The second-order valence-corrected chi connectivity index (χ2v) is 6.89. The standard InChI is InChI=1S/C15H10BrClFN3S/c16-11-7-20-15(17)21-14(11)12-8-19-13(22-12)6-3-9-1-4-10(18)5-2-9/h1-2,4-5,7-8H,3,6H2. The molecule has 3 rings (SSSR count). The van der Waals surface area contributed by atoms with Crippen LogP contribution >= 0.6 is 38.9 Å². The first-order valence-corrected chi connectivity index (χ1v) is 8.48. The Morgan fingerprint density at radius 1 is 1.09 bits per heavy atom. The lowest BCUT2D eigenvalue weighted by molar-refractivity contribution is 0.627. The van der Waals surface area contributed by atoms with Gasteiger partial charge in [0.2, 0.25) is 5.28 Å². The molecule has 3 aromatic rings. The summed E-state index contributed by atoms with van der Waals surface area (Å²) < 4.78 is 13.7. The molecule has 0 fully saturated rings. The van der Waals surface area contributed by atoms with E-state index in [2.05, 4.69) is 30.9 Å². The van der Waals surface area contributed by atoms with Crippen LogP contribution in [0, 0.1) is 5.82 Å². The van der Waals surface area contributed by atoms with Gasteiger partial charge < -0.3 is 0 Å². The average molecular weight is 399 g/mol. The minimum Gasteiger partial charge on any atom is -0.249 e. The molecular formula is C15H10BrClFN3S. The van der Waals surface area contributed by atoms with Gasteiger partial charge in [-0.3, -0.25) is 0 Å². The molecule has 7 heteroatoms. The van der Waals surface area contributed by atoms with Crippen LogP contribution in [-0.2, 0) is 12.8 Å². The maximum Gasteiger partial charge on any atom is 0.222 e. The van der Waals surface area contributed by atoms with E-state index in [1.54, 1.807) is 35.9 Å². The molecule has 0 saturated heterocycles. The topological polar surface area (TPSA) is 38.7 Å².